The minimum absolute atomic E-state index is 0.0581. The molecule has 3 aromatic rings. The van der Waals surface area contributed by atoms with Crippen LogP contribution in [-0.4, -0.2) is 28.9 Å². The molecular weight excluding hydrogens is 288 g/mol. The van der Waals surface area contributed by atoms with E-state index in [0.29, 0.717) is 11.6 Å². The van der Waals surface area contributed by atoms with Crippen LogP contribution in [0.3, 0.4) is 0 Å². The number of nitrogens with zero attached hydrogens (tertiary/aromatic N) is 3. The first-order chi connectivity index (χ1) is 10.1. The first-order valence-corrected chi connectivity index (χ1v) is 7.27. The maximum Gasteiger partial charge on any atom is 0.264 e. The number of imidazole rings is 1. The Kier molecular flexibility index (Phi) is 2.46. The molecule has 2 aromatic heterocycles. The molecule has 1 amide bonds. The summed E-state index contributed by atoms with van der Waals surface area (Å²) in [5.74, 6) is 1.25. The zero-order valence-electron chi connectivity index (χ0n) is 11.2. The Labute approximate surface area is 124 Å². The number of thiazole rings is 1. The summed E-state index contributed by atoms with van der Waals surface area (Å²) >= 11 is 1.53. The largest absolute Gasteiger partial charge is 0.482 e. The number of hydrogen-bond donors (Lipinski definition) is 1. The molecular formula is C14H12N4O2S. The Balaban J connectivity index is 1.90. The molecule has 1 aromatic carbocycles. The van der Waals surface area contributed by atoms with Crippen LogP contribution >= 0.6 is 11.3 Å². The van der Waals surface area contributed by atoms with E-state index < -0.39 is 0 Å². The van der Waals surface area contributed by atoms with Gasteiger partial charge in [0.05, 0.1) is 17.6 Å². The zero-order chi connectivity index (χ0) is 14.6. The van der Waals surface area contributed by atoms with Gasteiger partial charge in [-0.05, 0) is 18.2 Å². The molecule has 0 bridgehead atoms. The SMILES string of the molecule is CN1C(=O)COc2ccc(-c3csc4ncc(N)n34)cc21. The van der Waals surface area contributed by atoms with Gasteiger partial charge in [-0.3, -0.25) is 9.20 Å². The third kappa shape index (κ3) is 1.71. The zero-order valence-corrected chi connectivity index (χ0v) is 12.1. The number of aromatic nitrogens is 2. The number of carbonyl (C=O) groups is 1. The predicted octanol–water partition coefficient (Wildman–Crippen LogP) is 2.00. The Bertz CT molecular complexity index is 867. The fourth-order valence-corrected chi connectivity index (χ4v) is 3.34. The molecule has 7 heteroatoms. The third-order valence-electron chi connectivity index (χ3n) is 3.61. The molecule has 0 saturated heterocycles. The number of benzene rings is 1. The van der Waals surface area contributed by atoms with Crippen molar-refractivity contribution in [3.05, 3.63) is 29.8 Å². The van der Waals surface area contributed by atoms with Crippen molar-refractivity contribution >= 4 is 33.7 Å². The summed E-state index contributed by atoms with van der Waals surface area (Å²) in [5.41, 5.74) is 8.65. The van der Waals surface area contributed by atoms with E-state index >= 15 is 0 Å². The summed E-state index contributed by atoms with van der Waals surface area (Å²) in [5, 5.41) is 2.01. The fourth-order valence-electron chi connectivity index (χ4n) is 2.46. The van der Waals surface area contributed by atoms with E-state index in [9.17, 15) is 4.79 Å². The van der Waals surface area contributed by atoms with Gasteiger partial charge in [0.15, 0.2) is 11.6 Å². The average molecular weight is 300 g/mol. The maximum absolute atomic E-state index is 11.7. The van der Waals surface area contributed by atoms with Crippen molar-refractivity contribution in [2.45, 2.75) is 0 Å². The number of amides is 1. The monoisotopic (exact) mass is 300 g/mol. The van der Waals surface area contributed by atoms with Gasteiger partial charge in [0, 0.05) is 18.0 Å². The van der Waals surface area contributed by atoms with E-state index in [1.807, 2.05) is 28.0 Å². The molecule has 6 nitrogen and oxygen atoms in total. The second-order valence-corrected chi connectivity index (χ2v) is 5.68. The predicted molar refractivity (Wildman–Crippen MR) is 81.8 cm³/mol. The van der Waals surface area contributed by atoms with E-state index in [1.165, 1.54) is 11.3 Å². The Hall–Kier alpha value is -2.54. The van der Waals surface area contributed by atoms with Gasteiger partial charge >= 0.3 is 0 Å². The van der Waals surface area contributed by atoms with Crippen LogP contribution < -0.4 is 15.4 Å². The first-order valence-electron chi connectivity index (χ1n) is 6.39. The van der Waals surface area contributed by atoms with Crippen LogP contribution in [0.4, 0.5) is 11.5 Å². The van der Waals surface area contributed by atoms with Gasteiger partial charge < -0.3 is 15.4 Å². The molecule has 3 heterocycles. The number of nitrogen functional groups attached to an aromatic ring is 1. The average Bonchev–Trinajstić information content (AvgIpc) is 3.06. The van der Waals surface area contributed by atoms with Crippen LogP contribution in [0.1, 0.15) is 0 Å². The van der Waals surface area contributed by atoms with Crippen molar-refractivity contribution in [1.29, 1.82) is 0 Å². The molecule has 1 aliphatic rings. The molecule has 1 aliphatic heterocycles. The highest BCUT2D eigenvalue weighted by Crippen LogP contribution is 2.37. The number of likely N-dealkylation sites (N-methyl/N-ethyl adjacent to an activating group) is 1. The lowest BCUT2D eigenvalue weighted by Gasteiger charge is -2.26. The molecule has 0 spiro atoms. The van der Waals surface area contributed by atoms with Gasteiger partial charge in [-0.25, -0.2) is 4.98 Å². The normalized spacial score (nSPS) is 14.3. The van der Waals surface area contributed by atoms with Gasteiger partial charge in [-0.1, -0.05) is 0 Å². The van der Waals surface area contributed by atoms with E-state index in [-0.39, 0.29) is 12.5 Å². The molecule has 0 radical (unpaired) electrons. The number of fused-ring (bicyclic) bond motifs is 2. The lowest BCUT2D eigenvalue weighted by molar-refractivity contribution is -0.120. The van der Waals surface area contributed by atoms with Crippen molar-refractivity contribution in [3.63, 3.8) is 0 Å². The molecule has 4 rings (SSSR count). The first kappa shape index (κ1) is 12.2. The number of carbonyl (C=O) groups excluding carboxylic acids is 1. The molecule has 0 aliphatic carbocycles. The minimum Gasteiger partial charge on any atom is -0.482 e. The van der Waals surface area contributed by atoms with Crippen LogP contribution in [0.25, 0.3) is 16.2 Å². The summed E-state index contributed by atoms with van der Waals surface area (Å²) in [6, 6.07) is 5.78. The van der Waals surface area contributed by atoms with Crippen LogP contribution in [0, 0.1) is 0 Å². The summed E-state index contributed by atoms with van der Waals surface area (Å²) in [6.07, 6.45) is 1.65. The Morgan fingerprint density at radius 1 is 1.43 bits per heavy atom. The van der Waals surface area contributed by atoms with E-state index in [0.717, 1.165) is 21.9 Å². The third-order valence-corrected chi connectivity index (χ3v) is 4.45. The van der Waals surface area contributed by atoms with Crippen molar-refractivity contribution in [3.8, 4) is 17.0 Å². The number of ether oxygens (including phenoxy) is 1. The van der Waals surface area contributed by atoms with Crippen LogP contribution in [0.15, 0.2) is 29.8 Å². The molecule has 21 heavy (non-hydrogen) atoms. The minimum atomic E-state index is -0.0581. The topological polar surface area (TPSA) is 72.9 Å². The molecule has 0 unspecified atom stereocenters. The van der Waals surface area contributed by atoms with E-state index in [4.69, 9.17) is 10.5 Å². The summed E-state index contributed by atoms with van der Waals surface area (Å²) in [6.45, 7) is 0.0833. The molecule has 0 saturated carbocycles. The number of anilines is 2. The molecule has 0 fully saturated rings. The summed E-state index contributed by atoms with van der Waals surface area (Å²) in [4.78, 5) is 18.5. The van der Waals surface area contributed by atoms with Gasteiger partial charge in [0.25, 0.3) is 5.91 Å². The van der Waals surface area contributed by atoms with Crippen LogP contribution in [0.2, 0.25) is 0 Å². The Morgan fingerprint density at radius 2 is 2.29 bits per heavy atom. The highest BCUT2D eigenvalue weighted by molar-refractivity contribution is 7.15. The Morgan fingerprint density at radius 3 is 3.14 bits per heavy atom. The molecule has 2 N–H and O–H groups in total. The quantitative estimate of drug-likeness (QED) is 0.746. The summed E-state index contributed by atoms with van der Waals surface area (Å²) < 4.78 is 7.34. The van der Waals surface area contributed by atoms with E-state index in [1.54, 1.807) is 18.1 Å². The number of nitrogens with two attached hydrogens (primary N) is 1. The van der Waals surface area contributed by atoms with Gasteiger partial charge in [0.1, 0.15) is 11.6 Å². The maximum atomic E-state index is 11.7. The fraction of sp³-hybridized carbons (Fsp3) is 0.143. The highest BCUT2D eigenvalue weighted by atomic mass is 32.1. The molecule has 106 valence electrons. The summed E-state index contributed by atoms with van der Waals surface area (Å²) in [7, 11) is 1.75. The number of rotatable bonds is 1. The second-order valence-electron chi connectivity index (χ2n) is 4.85. The van der Waals surface area contributed by atoms with Crippen LogP contribution in [0.5, 0.6) is 5.75 Å². The lowest BCUT2D eigenvalue weighted by Crippen LogP contribution is -2.35. The van der Waals surface area contributed by atoms with Crippen molar-refractivity contribution < 1.29 is 9.53 Å². The molecule has 0 atom stereocenters. The smallest absolute Gasteiger partial charge is 0.264 e. The number of hydrogen-bond acceptors (Lipinski definition) is 5. The van der Waals surface area contributed by atoms with Crippen molar-refractivity contribution in [2.24, 2.45) is 0 Å². The van der Waals surface area contributed by atoms with Crippen LogP contribution in [-0.2, 0) is 4.79 Å². The lowest BCUT2D eigenvalue weighted by atomic mass is 10.1. The van der Waals surface area contributed by atoms with Crippen molar-refractivity contribution in [2.75, 3.05) is 24.3 Å². The second kappa shape index (κ2) is 4.23. The standard InChI is InChI=1S/C14H12N4O2S/c1-17-9-4-8(2-3-11(9)20-6-13(17)19)10-7-21-14-16-5-12(15)18(10)14/h2-5,7H,6,15H2,1H3. The van der Waals surface area contributed by atoms with E-state index in [2.05, 4.69) is 4.98 Å². The van der Waals surface area contributed by atoms with Gasteiger partial charge in [0.2, 0.25) is 0 Å². The highest BCUT2D eigenvalue weighted by Gasteiger charge is 2.23. The van der Waals surface area contributed by atoms with Gasteiger partial charge in [-0.2, -0.15) is 0 Å². The van der Waals surface area contributed by atoms with Gasteiger partial charge in [-0.15, -0.1) is 11.3 Å². The van der Waals surface area contributed by atoms with Crippen molar-refractivity contribution in [1.82, 2.24) is 9.38 Å².